The normalized spacial score (nSPS) is 12.7. The highest BCUT2D eigenvalue weighted by molar-refractivity contribution is 5.31. The lowest BCUT2D eigenvalue weighted by molar-refractivity contribution is 0.174. The Morgan fingerprint density at radius 1 is 1.38 bits per heavy atom. The Bertz CT molecular complexity index is 463. The summed E-state index contributed by atoms with van der Waals surface area (Å²) in [6.45, 7) is 4.14. The molecule has 2 rings (SSSR count). The molecule has 0 aliphatic heterocycles. The van der Waals surface area contributed by atoms with Crippen LogP contribution in [0.2, 0.25) is 0 Å². The molecule has 1 heterocycles. The Labute approximate surface area is 95.2 Å². The van der Waals surface area contributed by atoms with Gasteiger partial charge in [0.15, 0.2) is 0 Å². The summed E-state index contributed by atoms with van der Waals surface area (Å²) < 4.78 is 0. The van der Waals surface area contributed by atoms with Crippen molar-refractivity contribution in [3.05, 3.63) is 53.1 Å². The van der Waals surface area contributed by atoms with Gasteiger partial charge >= 0.3 is 0 Å². The molecule has 0 aliphatic carbocycles. The van der Waals surface area contributed by atoms with Gasteiger partial charge in [-0.15, -0.1) is 0 Å². The van der Waals surface area contributed by atoms with E-state index in [2.05, 4.69) is 42.0 Å². The molecule has 0 aliphatic rings. The zero-order chi connectivity index (χ0) is 11.5. The average Bonchev–Trinajstić information content (AvgIpc) is 2.75. The van der Waals surface area contributed by atoms with Crippen LogP contribution < -0.4 is 0 Å². The quantitative estimate of drug-likeness (QED) is 0.827. The van der Waals surface area contributed by atoms with Gasteiger partial charge in [0, 0.05) is 6.42 Å². The number of hydrogen-bond donors (Lipinski definition) is 2. The highest BCUT2D eigenvalue weighted by Crippen LogP contribution is 2.19. The third kappa shape index (κ3) is 2.31. The number of aliphatic hydroxyl groups excluding tert-OH is 1. The molecule has 0 bridgehead atoms. The zero-order valence-electron chi connectivity index (χ0n) is 9.57. The SMILES string of the molecule is Cc1ccc(CC(O)c2cnc[nH]2)c(C)c1. The highest BCUT2D eigenvalue weighted by atomic mass is 16.3. The van der Waals surface area contributed by atoms with Crippen molar-refractivity contribution in [2.24, 2.45) is 0 Å². The number of nitrogens with one attached hydrogen (secondary N) is 1. The van der Waals surface area contributed by atoms with Crippen LogP contribution in [-0.4, -0.2) is 15.1 Å². The number of aromatic amines is 1. The molecule has 3 nitrogen and oxygen atoms in total. The number of H-pyrrole nitrogens is 1. The summed E-state index contributed by atoms with van der Waals surface area (Å²) in [6, 6.07) is 6.28. The minimum Gasteiger partial charge on any atom is -0.386 e. The maximum Gasteiger partial charge on any atom is 0.0994 e. The second kappa shape index (κ2) is 4.49. The van der Waals surface area contributed by atoms with E-state index in [4.69, 9.17) is 0 Å². The molecule has 1 unspecified atom stereocenters. The van der Waals surface area contributed by atoms with Crippen LogP contribution >= 0.6 is 0 Å². The summed E-state index contributed by atoms with van der Waals surface area (Å²) in [5, 5.41) is 9.99. The molecule has 1 aromatic heterocycles. The molecule has 2 N–H and O–H groups in total. The van der Waals surface area contributed by atoms with Gasteiger partial charge in [0.05, 0.1) is 24.3 Å². The second-order valence-electron chi connectivity index (χ2n) is 4.16. The van der Waals surface area contributed by atoms with Gasteiger partial charge in [-0.25, -0.2) is 4.98 Å². The maximum absolute atomic E-state index is 9.99. The van der Waals surface area contributed by atoms with E-state index in [9.17, 15) is 5.11 Å². The van der Waals surface area contributed by atoms with E-state index in [0.29, 0.717) is 6.42 Å². The van der Waals surface area contributed by atoms with E-state index in [1.54, 1.807) is 12.5 Å². The smallest absolute Gasteiger partial charge is 0.0994 e. The first-order chi connectivity index (χ1) is 7.66. The molecule has 0 saturated heterocycles. The summed E-state index contributed by atoms with van der Waals surface area (Å²) >= 11 is 0. The number of rotatable bonds is 3. The minimum atomic E-state index is -0.510. The van der Waals surface area contributed by atoms with Crippen molar-refractivity contribution in [1.82, 2.24) is 9.97 Å². The molecule has 0 amide bonds. The van der Waals surface area contributed by atoms with Gasteiger partial charge in [-0.1, -0.05) is 23.8 Å². The van der Waals surface area contributed by atoms with Crippen LogP contribution in [0.4, 0.5) is 0 Å². The fourth-order valence-corrected chi connectivity index (χ4v) is 1.84. The predicted octanol–water partition coefficient (Wildman–Crippen LogP) is 2.30. The van der Waals surface area contributed by atoms with Crippen molar-refractivity contribution in [2.45, 2.75) is 26.4 Å². The van der Waals surface area contributed by atoms with Crippen molar-refractivity contribution >= 4 is 0 Å². The van der Waals surface area contributed by atoms with Gasteiger partial charge in [-0.3, -0.25) is 0 Å². The molecule has 0 spiro atoms. The van der Waals surface area contributed by atoms with Crippen LogP contribution in [0.15, 0.2) is 30.7 Å². The molecule has 0 fully saturated rings. The van der Waals surface area contributed by atoms with Gasteiger partial charge in [-0.2, -0.15) is 0 Å². The molecule has 16 heavy (non-hydrogen) atoms. The summed E-state index contributed by atoms with van der Waals surface area (Å²) in [5.41, 5.74) is 4.41. The molecule has 3 heteroatoms. The number of aliphatic hydroxyl groups is 1. The lowest BCUT2D eigenvalue weighted by atomic mass is 9.99. The Hall–Kier alpha value is -1.61. The van der Waals surface area contributed by atoms with Crippen LogP contribution in [0.5, 0.6) is 0 Å². The first-order valence-corrected chi connectivity index (χ1v) is 5.39. The molecular formula is C13H16N2O. The second-order valence-corrected chi connectivity index (χ2v) is 4.16. The van der Waals surface area contributed by atoms with Crippen molar-refractivity contribution < 1.29 is 5.11 Å². The van der Waals surface area contributed by atoms with Gasteiger partial charge in [0.2, 0.25) is 0 Å². The average molecular weight is 216 g/mol. The van der Waals surface area contributed by atoms with Gasteiger partial charge in [0.1, 0.15) is 0 Å². The topological polar surface area (TPSA) is 48.9 Å². The van der Waals surface area contributed by atoms with Crippen molar-refractivity contribution in [3.8, 4) is 0 Å². The molecule has 2 aromatic rings. The largest absolute Gasteiger partial charge is 0.386 e. The number of aromatic nitrogens is 2. The molecule has 84 valence electrons. The number of aryl methyl sites for hydroxylation is 2. The highest BCUT2D eigenvalue weighted by Gasteiger charge is 2.11. The van der Waals surface area contributed by atoms with Crippen molar-refractivity contribution in [2.75, 3.05) is 0 Å². The van der Waals surface area contributed by atoms with Crippen molar-refractivity contribution in [3.63, 3.8) is 0 Å². The monoisotopic (exact) mass is 216 g/mol. The third-order valence-electron chi connectivity index (χ3n) is 2.79. The summed E-state index contributed by atoms with van der Waals surface area (Å²) in [4.78, 5) is 6.83. The Balaban J connectivity index is 2.15. The van der Waals surface area contributed by atoms with E-state index in [0.717, 1.165) is 5.69 Å². The molecule has 0 saturated carbocycles. The van der Waals surface area contributed by atoms with Gasteiger partial charge in [-0.05, 0) is 25.0 Å². The number of hydrogen-bond acceptors (Lipinski definition) is 2. The Morgan fingerprint density at radius 2 is 2.19 bits per heavy atom. The molecule has 1 atom stereocenters. The van der Waals surface area contributed by atoms with Crippen LogP contribution in [0.25, 0.3) is 0 Å². The summed E-state index contributed by atoms with van der Waals surface area (Å²) in [7, 11) is 0. The Morgan fingerprint density at radius 3 is 2.81 bits per heavy atom. The lowest BCUT2D eigenvalue weighted by Crippen LogP contribution is -2.03. The van der Waals surface area contributed by atoms with E-state index < -0.39 is 6.10 Å². The molecule has 1 aromatic carbocycles. The third-order valence-corrected chi connectivity index (χ3v) is 2.79. The minimum absolute atomic E-state index is 0.510. The standard InChI is InChI=1S/C13H16N2O/c1-9-3-4-11(10(2)5-9)6-13(16)12-7-14-8-15-12/h3-5,7-8,13,16H,6H2,1-2H3,(H,14,15). The number of imidazole rings is 1. The van der Waals surface area contributed by atoms with Crippen LogP contribution in [0, 0.1) is 13.8 Å². The fourth-order valence-electron chi connectivity index (χ4n) is 1.84. The van der Waals surface area contributed by atoms with Crippen molar-refractivity contribution in [1.29, 1.82) is 0 Å². The van der Waals surface area contributed by atoms with Crippen LogP contribution in [0.3, 0.4) is 0 Å². The summed E-state index contributed by atoms with van der Waals surface area (Å²) in [5.74, 6) is 0. The molecular weight excluding hydrogens is 200 g/mol. The fraction of sp³-hybridized carbons (Fsp3) is 0.308. The number of benzene rings is 1. The van der Waals surface area contributed by atoms with E-state index in [1.165, 1.54) is 16.7 Å². The first-order valence-electron chi connectivity index (χ1n) is 5.39. The van der Waals surface area contributed by atoms with Gasteiger partial charge < -0.3 is 10.1 Å². The van der Waals surface area contributed by atoms with Crippen LogP contribution in [0.1, 0.15) is 28.5 Å². The van der Waals surface area contributed by atoms with Gasteiger partial charge in [0.25, 0.3) is 0 Å². The maximum atomic E-state index is 9.99. The van der Waals surface area contributed by atoms with E-state index >= 15 is 0 Å². The van der Waals surface area contributed by atoms with E-state index in [1.807, 2.05) is 0 Å². The first kappa shape index (κ1) is 10.9. The molecule has 0 radical (unpaired) electrons. The van der Waals surface area contributed by atoms with Crippen LogP contribution in [-0.2, 0) is 6.42 Å². The Kier molecular flexibility index (Phi) is 3.06. The lowest BCUT2D eigenvalue weighted by Gasteiger charge is -2.11. The zero-order valence-corrected chi connectivity index (χ0v) is 9.57. The summed E-state index contributed by atoms with van der Waals surface area (Å²) in [6.07, 6.45) is 3.35. The predicted molar refractivity (Wildman–Crippen MR) is 63.2 cm³/mol. The number of nitrogens with zero attached hydrogens (tertiary/aromatic N) is 1. The van der Waals surface area contributed by atoms with E-state index in [-0.39, 0.29) is 0 Å².